The molecule has 0 aliphatic heterocycles. The third kappa shape index (κ3) is 8.60. The lowest BCUT2D eigenvalue weighted by atomic mass is 10.2. The van der Waals surface area contributed by atoms with Gasteiger partial charge in [-0.15, -0.1) is 0 Å². The molecule has 0 atom stereocenters. The van der Waals surface area contributed by atoms with Gasteiger partial charge in [0.15, 0.2) is 0 Å². The zero-order valence-corrected chi connectivity index (χ0v) is 10.5. The van der Waals surface area contributed by atoms with Crippen molar-refractivity contribution in [3.05, 3.63) is 29.8 Å². The lowest BCUT2D eigenvalue weighted by Gasteiger charge is -2.08. The average molecular weight is 248 g/mol. The van der Waals surface area contributed by atoms with Crippen molar-refractivity contribution in [3.8, 4) is 5.75 Å². The second kappa shape index (κ2) is 7.98. The van der Waals surface area contributed by atoms with Crippen LogP contribution in [0.5, 0.6) is 5.75 Å². The van der Waals surface area contributed by atoms with Gasteiger partial charge in [-0.1, -0.05) is 26.0 Å². The first-order valence-electron chi connectivity index (χ1n) is 5.73. The summed E-state index contributed by atoms with van der Waals surface area (Å²) in [4.78, 5) is 0. The standard InChI is InChI=1S/C11H13F3O.C2H6/c1-9-4-2-5-10(8-9)15-7-3-6-11(12,13)14;1-2/h2,4-5,8H,3,6-7H2,1H3;1-2H3. The molecule has 0 aliphatic carbocycles. The molecule has 1 rings (SSSR count). The summed E-state index contributed by atoms with van der Waals surface area (Å²) in [7, 11) is 0. The number of aryl methyl sites for hydroxylation is 1. The zero-order valence-electron chi connectivity index (χ0n) is 10.5. The molecule has 0 unspecified atom stereocenters. The second-order valence-corrected chi connectivity index (χ2v) is 3.38. The molecule has 0 saturated carbocycles. The second-order valence-electron chi connectivity index (χ2n) is 3.38. The average Bonchev–Trinajstić information content (AvgIpc) is 2.26. The molecule has 0 heterocycles. The van der Waals surface area contributed by atoms with Crippen molar-refractivity contribution in [2.75, 3.05) is 6.61 Å². The van der Waals surface area contributed by atoms with E-state index >= 15 is 0 Å². The zero-order chi connectivity index (χ0) is 13.3. The van der Waals surface area contributed by atoms with E-state index in [4.69, 9.17) is 4.74 Å². The van der Waals surface area contributed by atoms with Gasteiger partial charge in [-0.2, -0.15) is 13.2 Å². The third-order valence-corrected chi connectivity index (χ3v) is 1.86. The fourth-order valence-corrected chi connectivity index (χ4v) is 1.17. The number of rotatable bonds is 4. The highest BCUT2D eigenvalue weighted by molar-refractivity contribution is 5.27. The van der Waals surface area contributed by atoms with Crippen LogP contribution in [0, 0.1) is 6.92 Å². The predicted molar refractivity (Wildman–Crippen MR) is 63.3 cm³/mol. The monoisotopic (exact) mass is 248 g/mol. The van der Waals surface area contributed by atoms with Crippen molar-refractivity contribution in [2.24, 2.45) is 0 Å². The van der Waals surface area contributed by atoms with Gasteiger partial charge in [-0.25, -0.2) is 0 Å². The first kappa shape index (κ1) is 15.8. The fourth-order valence-electron chi connectivity index (χ4n) is 1.17. The van der Waals surface area contributed by atoms with E-state index in [9.17, 15) is 13.2 Å². The van der Waals surface area contributed by atoms with E-state index in [-0.39, 0.29) is 13.0 Å². The topological polar surface area (TPSA) is 9.23 Å². The van der Waals surface area contributed by atoms with Crippen molar-refractivity contribution in [2.45, 2.75) is 39.8 Å². The fraction of sp³-hybridized carbons (Fsp3) is 0.538. The summed E-state index contributed by atoms with van der Waals surface area (Å²) in [5, 5.41) is 0. The molecule has 0 amide bonds. The van der Waals surface area contributed by atoms with Gasteiger partial charge in [0.05, 0.1) is 6.61 Å². The van der Waals surface area contributed by atoms with Crippen LogP contribution in [0.3, 0.4) is 0 Å². The SMILES string of the molecule is CC.Cc1cccc(OCCCC(F)(F)F)c1. The number of benzene rings is 1. The van der Waals surface area contributed by atoms with E-state index in [0.29, 0.717) is 5.75 Å². The van der Waals surface area contributed by atoms with Crippen molar-refractivity contribution < 1.29 is 17.9 Å². The summed E-state index contributed by atoms with van der Waals surface area (Å²) in [6.45, 7) is 6.01. The van der Waals surface area contributed by atoms with Crippen LogP contribution in [0.1, 0.15) is 32.3 Å². The maximum absolute atomic E-state index is 11.8. The molecule has 4 heteroatoms. The van der Waals surface area contributed by atoms with E-state index in [0.717, 1.165) is 5.56 Å². The Morgan fingerprint density at radius 3 is 2.35 bits per heavy atom. The van der Waals surface area contributed by atoms with Crippen LogP contribution in [-0.4, -0.2) is 12.8 Å². The van der Waals surface area contributed by atoms with Gasteiger partial charge in [-0.3, -0.25) is 0 Å². The van der Waals surface area contributed by atoms with Crippen LogP contribution in [0.4, 0.5) is 13.2 Å². The van der Waals surface area contributed by atoms with E-state index in [1.165, 1.54) is 0 Å². The quantitative estimate of drug-likeness (QED) is 0.699. The minimum atomic E-state index is -4.09. The van der Waals surface area contributed by atoms with Crippen LogP contribution in [0.25, 0.3) is 0 Å². The third-order valence-electron chi connectivity index (χ3n) is 1.86. The van der Waals surface area contributed by atoms with Gasteiger partial charge in [-0.05, 0) is 31.0 Å². The molecule has 98 valence electrons. The van der Waals surface area contributed by atoms with Gasteiger partial charge in [0.25, 0.3) is 0 Å². The van der Waals surface area contributed by atoms with Crippen LogP contribution in [-0.2, 0) is 0 Å². The highest BCUT2D eigenvalue weighted by Crippen LogP contribution is 2.21. The Morgan fingerprint density at radius 2 is 1.82 bits per heavy atom. The molecule has 0 saturated heterocycles. The van der Waals surface area contributed by atoms with Crippen LogP contribution in [0.2, 0.25) is 0 Å². The molecule has 0 fully saturated rings. The minimum Gasteiger partial charge on any atom is -0.494 e. The van der Waals surface area contributed by atoms with E-state index in [2.05, 4.69) is 0 Å². The molecule has 0 aliphatic rings. The summed E-state index contributed by atoms with van der Waals surface area (Å²) in [6, 6.07) is 7.26. The van der Waals surface area contributed by atoms with E-state index in [1.54, 1.807) is 12.1 Å². The number of hydrogen-bond acceptors (Lipinski definition) is 1. The largest absolute Gasteiger partial charge is 0.494 e. The van der Waals surface area contributed by atoms with Crippen LogP contribution >= 0.6 is 0 Å². The minimum absolute atomic E-state index is 0.00254. The smallest absolute Gasteiger partial charge is 0.389 e. The van der Waals surface area contributed by atoms with Gasteiger partial charge in [0.1, 0.15) is 5.75 Å². The Labute approximate surface area is 101 Å². The van der Waals surface area contributed by atoms with Crippen molar-refractivity contribution >= 4 is 0 Å². The molecular weight excluding hydrogens is 229 g/mol. The Balaban J connectivity index is 0.00000121. The maximum atomic E-state index is 11.8. The Kier molecular flexibility index (Phi) is 7.42. The molecule has 0 bridgehead atoms. The Morgan fingerprint density at radius 1 is 1.18 bits per heavy atom. The lowest BCUT2D eigenvalue weighted by molar-refractivity contribution is -0.136. The van der Waals surface area contributed by atoms with E-state index < -0.39 is 12.6 Å². The summed E-state index contributed by atoms with van der Waals surface area (Å²) in [5.41, 5.74) is 1.03. The van der Waals surface area contributed by atoms with Gasteiger partial charge in [0.2, 0.25) is 0 Å². The first-order chi connectivity index (χ1) is 7.97. The highest BCUT2D eigenvalue weighted by atomic mass is 19.4. The first-order valence-corrected chi connectivity index (χ1v) is 5.73. The maximum Gasteiger partial charge on any atom is 0.389 e. The summed E-state index contributed by atoms with van der Waals surface area (Å²) < 4.78 is 40.6. The molecule has 0 N–H and O–H groups in total. The molecule has 1 aromatic rings. The van der Waals surface area contributed by atoms with E-state index in [1.807, 2.05) is 32.9 Å². The normalized spacial score (nSPS) is 10.5. The molecule has 17 heavy (non-hydrogen) atoms. The number of hydrogen-bond donors (Lipinski definition) is 0. The van der Waals surface area contributed by atoms with Gasteiger partial charge in [0, 0.05) is 6.42 Å². The number of alkyl halides is 3. The van der Waals surface area contributed by atoms with Crippen molar-refractivity contribution in [3.63, 3.8) is 0 Å². The predicted octanol–water partition coefficient (Wildman–Crippen LogP) is 4.74. The molecule has 1 aromatic carbocycles. The highest BCUT2D eigenvalue weighted by Gasteiger charge is 2.25. The van der Waals surface area contributed by atoms with Crippen LogP contribution in [0.15, 0.2) is 24.3 Å². The molecule has 0 aromatic heterocycles. The molecule has 0 radical (unpaired) electrons. The molecule has 1 nitrogen and oxygen atoms in total. The van der Waals surface area contributed by atoms with Crippen LogP contribution < -0.4 is 4.74 Å². The molecule has 0 spiro atoms. The van der Waals surface area contributed by atoms with Crippen molar-refractivity contribution in [1.29, 1.82) is 0 Å². The number of ether oxygens (including phenoxy) is 1. The molecular formula is C13H19F3O. The van der Waals surface area contributed by atoms with Gasteiger partial charge < -0.3 is 4.74 Å². The summed E-state index contributed by atoms with van der Waals surface area (Å²) >= 11 is 0. The Bertz CT molecular complexity index is 308. The summed E-state index contributed by atoms with van der Waals surface area (Å²) in [5.74, 6) is 0.622. The lowest BCUT2D eigenvalue weighted by Crippen LogP contribution is -2.09. The van der Waals surface area contributed by atoms with Gasteiger partial charge >= 0.3 is 6.18 Å². The Hall–Kier alpha value is -1.19. The summed E-state index contributed by atoms with van der Waals surface area (Å²) in [6.07, 6.45) is -4.88. The van der Waals surface area contributed by atoms with Crippen molar-refractivity contribution in [1.82, 2.24) is 0 Å². The number of halogens is 3.